The second-order valence-corrected chi connectivity index (χ2v) is 8.21. The zero-order chi connectivity index (χ0) is 20.5. The van der Waals surface area contributed by atoms with Crippen LogP contribution in [0.3, 0.4) is 0 Å². The highest BCUT2D eigenvalue weighted by Crippen LogP contribution is 2.34. The Balaban J connectivity index is 1.51. The summed E-state index contributed by atoms with van der Waals surface area (Å²) in [5, 5.41) is 1.13. The van der Waals surface area contributed by atoms with E-state index in [0.29, 0.717) is 30.2 Å². The number of aromatic nitrogens is 2. The van der Waals surface area contributed by atoms with Gasteiger partial charge in [0.05, 0.1) is 19.6 Å². The zero-order valence-electron chi connectivity index (χ0n) is 17.1. The molecule has 1 aliphatic heterocycles. The first-order valence-corrected chi connectivity index (χ1v) is 10.3. The zero-order valence-corrected chi connectivity index (χ0v) is 17.9. The van der Waals surface area contributed by atoms with E-state index in [0.717, 1.165) is 29.1 Å². The third-order valence-electron chi connectivity index (χ3n) is 5.44. The highest BCUT2D eigenvalue weighted by molar-refractivity contribution is 7.18. The smallest absolute Gasteiger partial charge is 0.254 e. The van der Waals surface area contributed by atoms with Gasteiger partial charge in [0.1, 0.15) is 17.0 Å². The summed E-state index contributed by atoms with van der Waals surface area (Å²) in [7, 11) is 3.15. The maximum atomic E-state index is 13.0. The number of piperazine rings is 1. The van der Waals surface area contributed by atoms with Crippen LogP contribution in [0.4, 0.5) is 5.82 Å². The molecule has 0 bridgehead atoms. The Hall–Kier alpha value is -2.87. The number of methoxy groups -OCH3 is 2. The topological polar surface area (TPSA) is 67.8 Å². The molecule has 4 rings (SSSR count). The Labute approximate surface area is 173 Å². The number of carbonyl (C=O) groups excluding carboxylic acids is 1. The molecule has 29 heavy (non-hydrogen) atoms. The molecule has 0 atom stereocenters. The van der Waals surface area contributed by atoms with Gasteiger partial charge in [0, 0.05) is 36.6 Å². The number of thiophene rings is 1. The standard InChI is InChI=1S/C21H24N4O3S/c1-13-14(2)29-20-18(13)19(22-12-23-20)24-7-9-25(10-8-24)21(26)15-5-6-16(27-3)17(11-15)28-4/h5-6,11-12H,7-10H2,1-4H3. The van der Waals surface area contributed by atoms with Gasteiger partial charge in [-0.2, -0.15) is 0 Å². The molecular weight excluding hydrogens is 388 g/mol. The molecule has 0 radical (unpaired) electrons. The minimum Gasteiger partial charge on any atom is -0.493 e. The normalized spacial score (nSPS) is 14.3. The van der Waals surface area contributed by atoms with Crippen LogP contribution < -0.4 is 14.4 Å². The highest BCUT2D eigenvalue weighted by atomic mass is 32.1. The van der Waals surface area contributed by atoms with Gasteiger partial charge in [-0.05, 0) is 37.6 Å². The fourth-order valence-electron chi connectivity index (χ4n) is 3.68. The van der Waals surface area contributed by atoms with E-state index in [1.807, 2.05) is 4.90 Å². The molecule has 0 N–H and O–H groups in total. The van der Waals surface area contributed by atoms with E-state index in [1.165, 1.54) is 10.4 Å². The van der Waals surface area contributed by atoms with E-state index < -0.39 is 0 Å². The van der Waals surface area contributed by atoms with Crippen LogP contribution in [0, 0.1) is 13.8 Å². The summed E-state index contributed by atoms with van der Waals surface area (Å²) in [6.07, 6.45) is 1.63. The number of hydrogen-bond acceptors (Lipinski definition) is 7. The first-order chi connectivity index (χ1) is 14.0. The molecule has 1 amide bonds. The molecular formula is C21H24N4O3S. The number of nitrogens with zero attached hydrogens (tertiary/aromatic N) is 4. The molecule has 1 saturated heterocycles. The van der Waals surface area contributed by atoms with Crippen molar-refractivity contribution >= 4 is 33.3 Å². The number of amides is 1. The predicted molar refractivity (Wildman–Crippen MR) is 115 cm³/mol. The number of fused-ring (bicyclic) bond motifs is 1. The van der Waals surface area contributed by atoms with E-state index in [-0.39, 0.29) is 5.91 Å². The Kier molecular flexibility index (Phi) is 5.27. The van der Waals surface area contributed by atoms with E-state index in [1.54, 1.807) is 50.1 Å². The Morgan fingerprint density at radius 2 is 1.76 bits per heavy atom. The van der Waals surface area contributed by atoms with E-state index in [9.17, 15) is 4.79 Å². The second kappa shape index (κ2) is 7.87. The maximum absolute atomic E-state index is 13.0. The van der Waals surface area contributed by atoms with Crippen LogP contribution in [0.2, 0.25) is 0 Å². The van der Waals surface area contributed by atoms with Gasteiger partial charge in [-0.15, -0.1) is 11.3 Å². The van der Waals surface area contributed by atoms with Gasteiger partial charge >= 0.3 is 0 Å². The lowest BCUT2D eigenvalue weighted by Gasteiger charge is -2.35. The maximum Gasteiger partial charge on any atom is 0.254 e. The van der Waals surface area contributed by atoms with Crippen LogP contribution in [0.15, 0.2) is 24.5 Å². The molecule has 3 aromatic rings. The van der Waals surface area contributed by atoms with Gasteiger partial charge in [0.2, 0.25) is 0 Å². The Bertz CT molecular complexity index is 1060. The van der Waals surface area contributed by atoms with Crippen LogP contribution in [0.1, 0.15) is 20.8 Å². The van der Waals surface area contributed by atoms with Crippen molar-refractivity contribution in [3.63, 3.8) is 0 Å². The number of carbonyl (C=O) groups is 1. The molecule has 2 aromatic heterocycles. The largest absolute Gasteiger partial charge is 0.493 e. The lowest BCUT2D eigenvalue weighted by Crippen LogP contribution is -2.49. The fourth-order valence-corrected chi connectivity index (χ4v) is 4.67. The molecule has 1 fully saturated rings. The quantitative estimate of drug-likeness (QED) is 0.655. The molecule has 0 saturated carbocycles. The van der Waals surface area contributed by atoms with E-state index in [2.05, 4.69) is 28.7 Å². The van der Waals surface area contributed by atoms with Gasteiger partial charge in [-0.3, -0.25) is 4.79 Å². The average molecular weight is 413 g/mol. The van der Waals surface area contributed by atoms with Crippen molar-refractivity contribution in [2.45, 2.75) is 13.8 Å². The fraction of sp³-hybridized carbons (Fsp3) is 0.381. The van der Waals surface area contributed by atoms with Crippen LogP contribution in [-0.2, 0) is 0 Å². The number of hydrogen-bond donors (Lipinski definition) is 0. The number of aryl methyl sites for hydroxylation is 2. The lowest BCUT2D eigenvalue weighted by molar-refractivity contribution is 0.0746. The SMILES string of the molecule is COc1ccc(C(=O)N2CCN(c3ncnc4sc(C)c(C)c34)CC2)cc1OC. The van der Waals surface area contributed by atoms with Crippen molar-refractivity contribution in [1.29, 1.82) is 0 Å². The first-order valence-electron chi connectivity index (χ1n) is 9.50. The minimum atomic E-state index is 0.000922. The van der Waals surface area contributed by atoms with Gasteiger partial charge in [-0.25, -0.2) is 9.97 Å². The minimum absolute atomic E-state index is 0.000922. The van der Waals surface area contributed by atoms with E-state index >= 15 is 0 Å². The number of ether oxygens (including phenoxy) is 2. The number of rotatable bonds is 4. The summed E-state index contributed by atoms with van der Waals surface area (Å²) in [5.41, 5.74) is 1.84. The van der Waals surface area contributed by atoms with Crippen molar-refractivity contribution in [2.75, 3.05) is 45.3 Å². The van der Waals surface area contributed by atoms with Crippen molar-refractivity contribution in [3.05, 3.63) is 40.5 Å². The number of benzene rings is 1. The van der Waals surface area contributed by atoms with Gasteiger partial charge in [-0.1, -0.05) is 0 Å². The Morgan fingerprint density at radius 3 is 2.45 bits per heavy atom. The van der Waals surface area contributed by atoms with E-state index in [4.69, 9.17) is 9.47 Å². The van der Waals surface area contributed by atoms with Crippen molar-refractivity contribution < 1.29 is 14.3 Å². The third kappa shape index (κ3) is 3.48. The van der Waals surface area contributed by atoms with Crippen molar-refractivity contribution in [1.82, 2.24) is 14.9 Å². The molecule has 1 aromatic carbocycles. The summed E-state index contributed by atoms with van der Waals surface area (Å²) in [4.78, 5) is 28.4. The van der Waals surface area contributed by atoms with Gasteiger partial charge in [0.25, 0.3) is 5.91 Å². The number of anilines is 1. The van der Waals surface area contributed by atoms with Crippen LogP contribution in [0.5, 0.6) is 11.5 Å². The van der Waals surface area contributed by atoms with Crippen LogP contribution >= 0.6 is 11.3 Å². The molecule has 0 unspecified atom stereocenters. The first kappa shape index (κ1) is 19.4. The highest BCUT2D eigenvalue weighted by Gasteiger charge is 2.25. The summed E-state index contributed by atoms with van der Waals surface area (Å²) >= 11 is 1.70. The summed E-state index contributed by atoms with van der Waals surface area (Å²) in [6, 6.07) is 5.28. The Morgan fingerprint density at radius 1 is 1.03 bits per heavy atom. The summed E-state index contributed by atoms with van der Waals surface area (Å²) < 4.78 is 10.6. The molecule has 152 valence electrons. The molecule has 1 aliphatic rings. The predicted octanol–water partition coefficient (Wildman–Crippen LogP) is 3.29. The second-order valence-electron chi connectivity index (χ2n) is 7.01. The average Bonchev–Trinajstić information content (AvgIpc) is 3.06. The molecule has 7 nitrogen and oxygen atoms in total. The van der Waals surface area contributed by atoms with Gasteiger partial charge < -0.3 is 19.3 Å². The lowest BCUT2D eigenvalue weighted by atomic mass is 10.1. The van der Waals surface area contributed by atoms with Crippen molar-refractivity contribution in [3.8, 4) is 11.5 Å². The van der Waals surface area contributed by atoms with Gasteiger partial charge in [0.15, 0.2) is 11.5 Å². The molecule has 8 heteroatoms. The monoisotopic (exact) mass is 412 g/mol. The van der Waals surface area contributed by atoms with Crippen LogP contribution in [-0.4, -0.2) is 61.2 Å². The molecule has 0 spiro atoms. The van der Waals surface area contributed by atoms with Crippen LogP contribution in [0.25, 0.3) is 10.2 Å². The molecule has 3 heterocycles. The van der Waals surface area contributed by atoms with Crippen molar-refractivity contribution in [2.24, 2.45) is 0 Å². The third-order valence-corrected chi connectivity index (χ3v) is 6.56. The summed E-state index contributed by atoms with van der Waals surface area (Å²) in [5.74, 6) is 2.14. The molecule has 0 aliphatic carbocycles. The summed E-state index contributed by atoms with van der Waals surface area (Å²) in [6.45, 7) is 6.99.